The fourth-order valence-corrected chi connectivity index (χ4v) is 2.08. The Kier molecular flexibility index (Phi) is 5.69. The van der Waals surface area contributed by atoms with Crippen LogP contribution in [0.5, 0.6) is 0 Å². The topological polar surface area (TPSA) is 58.2 Å². The predicted molar refractivity (Wildman–Crippen MR) is 83.7 cm³/mol. The van der Waals surface area contributed by atoms with Gasteiger partial charge in [0.1, 0.15) is 0 Å². The summed E-state index contributed by atoms with van der Waals surface area (Å²) in [4.78, 5) is 23.5. The van der Waals surface area contributed by atoms with Crippen molar-refractivity contribution in [2.45, 2.75) is 0 Å². The third-order valence-electron chi connectivity index (χ3n) is 2.89. The summed E-state index contributed by atoms with van der Waals surface area (Å²) >= 11 is 11.6. The first kappa shape index (κ1) is 18.1. The molecule has 0 unspecified atom stereocenters. The third kappa shape index (κ3) is 4.18. The zero-order valence-electron chi connectivity index (χ0n) is 11.8. The summed E-state index contributed by atoms with van der Waals surface area (Å²) in [6, 6.07) is 5.77. The van der Waals surface area contributed by atoms with E-state index in [1.54, 1.807) is 0 Å². The summed E-state index contributed by atoms with van der Waals surface area (Å²) in [7, 11) is 0. The van der Waals surface area contributed by atoms with Gasteiger partial charge in [-0.2, -0.15) is 0 Å². The summed E-state index contributed by atoms with van der Waals surface area (Å²) in [6.07, 6.45) is 0. The Morgan fingerprint density at radius 1 is 1.00 bits per heavy atom. The molecule has 0 aliphatic carbocycles. The van der Waals surface area contributed by atoms with Gasteiger partial charge in [0, 0.05) is 5.02 Å². The van der Waals surface area contributed by atoms with Crippen LogP contribution >= 0.6 is 23.2 Å². The van der Waals surface area contributed by atoms with Gasteiger partial charge in [0.05, 0.1) is 22.8 Å². The molecule has 9 heteroatoms. The number of hydrogen-bond acceptors (Lipinski definition) is 2. The van der Waals surface area contributed by atoms with Crippen LogP contribution in [-0.2, 0) is 4.79 Å². The smallest absolute Gasteiger partial charge is 0.254 e. The monoisotopic (exact) mass is 376 g/mol. The summed E-state index contributed by atoms with van der Waals surface area (Å²) < 4.78 is 39.4. The summed E-state index contributed by atoms with van der Waals surface area (Å²) in [5.74, 6) is -6.56. The molecular formula is C15H9Cl2F3N2O2. The molecule has 0 saturated carbocycles. The van der Waals surface area contributed by atoms with E-state index in [4.69, 9.17) is 23.2 Å². The van der Waals surface area contributed by atoms with Crippen molar-refractivity contribution in [1.82, 2.24) is 5.32 Å². The van der Waals surface area contributed by atoms with Crippen LogP contribution in [-0.4, -0.2) is 18.4 Å². The number of carbonyl (C=O) groups is 2. The molecule has 0 bridgehead atoms. The number of carbonyl (C=O) groups excluding carboxylic acids is 2. The highest BCUT2D eigenvalue weighted by Gasteiger charge is 2.19. The Labute approximate surface area is 144 Å². The summed E-state index contributed by atoms with van der Waals surface area (Å²) in [5.41, 5.74) is -0.495. The summed E-state index contributed by atoms with van der Waals surface area (Å²) in [6.45, 7) is -0.542. The van der Waals surface area contributed by atoms with Crippen LogP contribution in [0.2, 0.25) is 10.0 Å². The number of rotatable bonds is 4. The zero-order valence-corrected chi connectivity index (χ0v) is 13.3. The maximum Gasteiger partial charge on any atom is 0.254 e. The molecule has 0 aromatic heterocycles. The van der Waals surface area contributed by atoms with Crippen LogP contribution in [0, 0.1) is 17.5 Å². The fourth-order valence-electron chi connectivity index (χ4n) is 1.74. The van der Waals surface area contributed by atoms with Crippen molar-refractivity contribution >= 4 is 40.7 Å². The van der Waals surface area contributed by atoms with Crippen molar-refractivity contribution < 1.29 is 22.8 Å². The van der Waals surface area contributed by atoms with Gasteiger partial charge in [-0.25, -0.2) is 13.2 Å². The van der Waals surface area contributed by atoms with Gasteiger partial charge in [-0.1, -0.05) is 23.2 Å². The van der Waals surface area contributed by atoms with Gasteiger partial charge in [0.2, 0.25) is 5.91 Å². The minimum absolute atomic E-state index is 0.224. The highest BCUT2D eigenvalue weighted by molar-refractivity contribution is 6.35. The van der Waals surface area contributed by atoms with Gasteiger partial charge in [0.15, 0.2) is 17.5 Å². The third-order valence-corrected chi connectivity index (χ3v) is 3.46. The van der Waals surface area contributed by atoms with Crippen LogP contribution in [0.4, 0.5) is 18.9 Å². The Bertz CT molecular complexity index is 816. The Morgan fingerprint density at radius 2 is 1.71 bits per heavy atom. The van der Waals surface area contributed by atoms with Crippen molar-refractivity contribution in [2.24, 2.45) is 0 Å². The van der Waals surface area contributed by atoms with Crippen LogP contribution in [0.15, 0.2) is 30.3 Å². The van der Waals surface area contributed by atoms with E-state index < -0.39 is 41.4 Å². The van der Waals surface area contributed by atoms with Crippen molar-refractivity contribution in [3.05, 3.63) is 63.4 Å². The molecule has 2 rings (SSSR count). The molecule has 2 N–H and O–H groups in total. The Hall–Kier alpha value is -2.25. The van der Waals surface area contributed by atoms with Gasteiger partial charge < -0.3 is 10.6 Å². The summed E-state index contributed by atoms with van der Waals surface area (Å²) in [5, 5.41) is 5.04. The molecule has 0 radical (unpaired) electrons. The van der Waals surface area contributed by atoms with Gasteiger partial charge >= 0.3 is 0 Å². The fraction of sp³-hybridized carbons (Fsp3) is 0.0667. The highest BCUT2D eigenvalue weighted by Crippen LogP contribution is 2.25. The number of hydrogen-bond donors (Lipinski definition) is 2. The van der Waals surface area contributed by atoms with Crippen LogP contribution in [0.1, 0.15) is 10.4 Å². The number of nitrogens with one attached hydrogen (secondary N) is 2. The Balaban J connectivity index is 2.00. The molecule has 0 fully saturated rings. The molecule has 0 saturated heterocycles. The van der Waals surface area contributed by atoms with Crippen molar-refractivity contribution in [1.29, 1.82) is 0 Å². The molecule has 2 amide bonds. The average Bonchev–Trinajstić information content (AvgIpc) is 2.54. The van der Waals surface area contributed by atoms with E-state index >= 15 is 0 Å². The number of amides is 2. The quantitative estimate of drug-likeness (QED) is 0.797. The molecule has 0 spiro atoms. The molecule has 2 aromatic carbocycles. The molecule has 126 valence electrons. The van der Waals surface area contributed by atoms with E-state index in [1.165, 1.54) is 18.2 Å². The lowest BCUT2D eigenvalue weighted by atomic mass is 10.2. The molecule has 0 aliphatic rings. The van der Waals surface area contributed by atoms with Gasteiger partial charge in [-0.05, 0) is 30.3 Å². The van der Waals surface area contributed by atoms with E-state index in [0.29, 0.717) is 11.1 Å². The molecule has 0 atom stereocenters. The van der Waals surface area contributed by atoms with Crippen molar-refractivity contribution in [3.63, 3.8) is 0 Å². The van der Waals surface area contributed by atoms with E-state index in [9.17, 15) is 22.8 Å². The second-order valence-corrected chi connectivity index (χ2v) is 5.42. The lowest BCUT2D eigenvalue weighted by molar-refractivity contribution is -0.115. The molecular weight excluding hydrogens is 368 g/mol. The first-order valence-electron chi connectivity index (χ1n) is 6.46. The first-order valence-corrected chi connectivity index (χ1v) is 7.21. The number of halogens is 5. The molecule has 4 nitrogen and oxygen atoms in total. The minimum atomic E-state index is -1.77. The van der Waals surface area contributed by atoms with Crippen LogP contribution in [0.25, 0.3) is 0 Å². The molecule has 0 heterocycles. The second-order valence-electron chi connectivity index (χ2n) is 4.58. The van der Waals surface area contributed by atoms with E-state index in [-0.39, 0.29) is 10.7 Å². The number of benzene rings is 2. The SMILES string of the molecule is O=C(CNC(=O)c1ccc(F)c(F)c1F)Nc1cc(Cl)ccc1Cl. The Morgan fingerprint density at radius 3 is 2.42 bits per heavy atom. The predicted octanol–water partition coefficient (Wildman–Crippen LogP) is 3.78. The van der Waals surface area contributed by atoms with Gasteiger partial charge in [-0.3, -0.25) is 9.59 Å². The van der Waals surface area contributed by atoms with Crippen molar-refractivity contribution in [3.8, 4) is 0 Å². The number of anilines is 1. The largest absolute Gasteiger partial charge is 0.343 e. The van der Waals surface area contributed by atoms with Crippen LogP contribution < -0.4 is 10.6 Å². The molecule has 0 aliphatic heterocycles. The molecule has 2 aromatic rings. The normalized spacial score (nSPS) is 10.4. The highest BCUT2D eigenvalue weighted by atomic mass is 35.5. The lowest BCUT2D eigenvalue weighted by Gasteiger charge is -2.09. The second kappa shape index (κ2) is 7.55. The van der Waals surface area contributed by atoms with E-state index in [2.05, 4.69) is 10.6 Å². The average molecular weight is 377 g/mol. The zero-order chi connectivity index (χ0) is 17.9. The first-order chi connectivity index (χ1) is 11.3. The standard InChI is InChI=1S/C15H9Cl2F3N2O2/c16-7-1-3-9(17)11(5-7)22-12(23)6-21-15(24)8-2-4-10(18)14(20)13(8)19/h1-5H,6H2,(H,21,24)(H,22,23). The van der Waals surface area contributed by atoms with Gasteiger partial charge in [-0.15, -0.1) is 0 Å². The maximum atomic E-state index is 13.5. The van der Waals surface area contributed by atoms with Crippen LogP contribution in [0.3, 0.4) is 0 Å². The minimum Gasteiger partial charge on any atom is -0.343 e. The van der Waals surface area contributed by atoms with Crippen molar-refractivity contribution in [2.75, 3.05) is 11.9 Å². The van der Waals surface area contributed by atoms with Gasteiger partial charge in [0.25, 0.3) is 5.91 Å². The van der Waals surface area contributed by atoms with E-state index in [1.807, 2.05) is 0 Å². The lowest BCUT2D eigenvalue weighted by Crippen LogP contribution is -2.33. The maximum absolute atomic E-state index is 13.5. The van der Waals surface area contributed by atoms with E-state index in [0.717, 1.165) is 6.07 Å². The molecule has 24 heavy (non-hydrogen) atoms.